The van der Waals surface area contributed by atoms with Gasteiger partial charge in [-0.2, -0.15) is 0 Å². The van der Waals surface area contributed by atoms with Crippen LogP contribution in [0.25, 0.3) is 0 Å². The maximum atomic E-state index is 5.86. The Labute approximate surface area is 192 Å². The standard InChI is InChI=1S/C24H25N7S/c1-4-18-8-10-19(11-9-18)30-23(22(28-24(30)32)21-7-5-6-12-25-21)20-13-16(2)31(17(20)3)29-14-26-27-15-29/h5-15,22-23H,4H2,1-3H3,(H,28,32)/t22-,23+/m1/s1. The van der Waals surface area contributed by atoms with E-state index in [-0.39, 0.29) is 12.1 Å². The summed E-state index contributed by atoms with van der Waals surface area (Å²) < 4.78 is 4.01. The van der Waals surface area contributed by atoms with E-state index in [2.05, 4.69) is 87.2 Å². The minimum atomic E-state index is -0.0792. The molecule has 4 heterocycles. The SMILES string of the molecule is CCc1ccc(N2C(=S)N[C@H](c3ccccn3)[C@@H]2c2cc(C)n(-n3cnnc3)c2C)cc1. The van der Waals surface area contributed by atoms with Crippen LogP contribution in [0.4, 0.5) is 5.69 Å². The van der Waals surface area contributed by atoms with Gasteiger partial charge in [-0.25, -0.2) is 4.68 Å². The molecule has 0 bridgehead atoms. The molecule has 0 saturated carbocycles. The lowest BCUT2D eigenvalue weighted by Gasteiger charge is -2.28. The summed E-state index contributed by atoms with van der Waals surface area (Å²) in [5.74, 6) is 0. The summed E-state index contributed by atoms with van der Waals surface area (Å²) in [6.07, 6.45) is 6.25. The molecule has 1 saturated heterocycles. The molecule has 7 nitrogen and oxygen atoms in total. The zero-order valence-corrected chi connectivity index (χ0v) is 19.1. The summed E-state index contributed by atoms with van der Waals surface area (Å²) in [6.45, 7) is 6.38. The number of anilines is 1. The molecule has 1 N–H and O–H groups in total. The third kappa shape index (κ3) is 3.36. The number of pyridine rings is 1. The number of aromatic nitrogens is 5. The van der Waals surface area contributed by atoms with E-state index < -0.39 is 0 Å². The fourth-order valence-corrected chi connectivity index (χ4v) is 4.92. The first-order valence-electron chi connectivity index (χ1n) is 10.7. The number of nitrogens with one attached hydrogen (secondary N) is 1. The first-order valence-corrected chi connectivity index (χ1v) is 11.1. The van der Waals surface area contributed by atoms with E-state index in [1.165, 1.54) is 11.1 Å². The van der Waals surface area contributed by atoms with Crippen molar-refractivity contribution in [2.45, 2.75) is 39.3 Å². The lowest BCUT2D eigenvalue weighted by Crippen LogP contribution is -2.29. The Kier molecular flexibility index (Phi) is 5.22. The Hall–Kier alpha value is -3.52. The van der Waals surface area contributed by atoms with Crippen LogP contribution in [0.15, 0.2) is 67.4 Å². The second kappa shape index (κ2) is 8.20. The monoisotopic (exact) mass is 443 g/mol. The van der Waals surface area contributed by atoms with Crippen molar-refractivity contribution in [3.63, 3.8) is 0 Å². The minimum Gasteiger partial charge on any atom is -0.351 e. The molecule has 3 aromatic heterocycles. The second-order valence-corrected chi connectivity index (χ2v) is 8.38. The zero-order valence-electron chi connectivity index (χ0n) is 18.3. The van der Waals surface area contributed by atoms with Crippen LogP contribution in [-0.4, -0.2) is 29.6 Å². The number of nitrogens with zero attached hydrogens (tertiary/aromatic N) is 6. The predicted molar refractivity (Wildman–Crippen MR) is 128 cm³/mol. The van der Waals surface area contributed by atoms with Crippen molar-refractivity contribution in [2.24, 2.45) is 0 Å². The molecule has 4 aromatic rings. The summed E-state index contributed by atoms with van der Waals surface area (Å²) in [5.41, 5.74) is 6.71. The summed E-state index contributed by atoms with van der Waals surface area (Å²) in [5, 5.41) is 12.2. The number of aryl methyl sites for hydroxylation is 2. The number of hydrogen-bond acceptors (Lipinski definition) is 4. The van der Waals surface area contributed by atoms with Crippen molar-refractivity contribution in [1.29, 1.82) is 0 Å². The Morgan fingerprint density at radius 3 is 2.44 bits per heavy atom. The van der Waals surface area contributed by atoms with Gasteiger partial charge >= 0.3 is 0 Å². The largest absolute Gasteiger partial charge is 0.351 e. The first-order chi connectivity index (χ1) is 15.6. The number of benzene rings is 1. The number of thiocarbonyl (C=S) groups is 1. The van der Waals surface area contributed by atoms with E-state index in [0.717, 1.165) is 29.2 Å². The molecule has 2 atom stereocenters. The molecule has 5 rings (SSSR count). The van der Waals surface area contributed by atoms with E-state index in [1.54, 1.807) is 12.7 Å². The highest BCUT2D eigenvalue weighted by molar-refractivity contribution is 7.80. The molecule has 0 amide bonds. The summed E-state index contributed by atoms with van der Waals surface area (Å²) in [6, 6.07) is 16.7. The van der Waals surface area contributed by atoms with Gasteiger partial charge in [0.1, 0.15) is 12.7 Å². The molecule has 162 valence electrons. The van der Waals surface area contributed by atoms with Gasteiger partial charge in [-0.15, -0.1) is 10.2 Å². The van der Waals surface area contributed by atoms with Gasteiger partial charge in [0.15, 0.2) is 5.11 Å². The smallest absolute Gasteiger partial charge is 0.174 e. The Morgan fingerprint density at radius 1 is 1.03 bits per heavy atom. The van der Waals surface area contributed by atoms with Crippen molar-refractivity contribution >= 4 is 23.0 Å². The van der Waals surface area contributed by atoms with Gasteiger partial charge in [-0.05, 0) is 68.4 Å². The molecular weight excluding hydrogens is 418 g/mol. The van der Waals surface area contributed by atoms with Crippen molar-refractivity contribution in [3.05, 3.63) is 95.6 Å². The quantitative estimate of drug-likeness (QED) is 0.468. The van der Waals surface area contributed by atoms with E-state index in [1.807, 2.05) is 23.0 Å². The fraction of sp³-hybridized carbons (Fsp3) is 0.250. The molecule has 0 radical (unpaired) electrons. The average Bonchev–Trinajstić information content (AvgIpc) is 3.52. The zero-order chi connectivity index (χ0) is 22.2. The highest BCUT2D eigenvalue weighted by Crippen LogP contribution is 2.43. The Balaban J connectivity index is 1.66. The first kappa shape index (κ1) is 20.4. The maximum absolute atomic E-state index is 5.86. The molecule has 8 heteroatoms. The molecule has 0 spiro atoms. The van der Waals surface area contributed by atoms with Gasteiger partial charge in [0.25, 0.3) is 0 Å². The third-order valence-corrected chi connectivity index (χ3v) is 6.43. The van der Waals surface area contributed by atoms with Gasteiger partial charge in [-0.1, -0.05) is 25.1 Å². The lowest BCUT2D eigenvalue weighted by molar-refractivity contribution is 0.557. The van der Waals surface area contributed by atoms with Crippen LogP contribution in [0.2, 0.25) is 0 Å². The van der Waals surface area contributed by atoms with Crippen LogP contribution in [0.1, 0.15) is 47.2 Å². The average molecular weight is 444 g/mol. The summed E-state index contributed by atoms with van der Waals surface area (Å²) >= 11 is 5.86. The van der Waals surface area contributed by atoms with Gasteiger partial charge in [-0.3, -0.25) is 9.66 Å². The van der Waals surface area contributed by atoms with Crippen LogP contribution < -0.4 is 10.2 Å². The predicted octanol–water partition coefficient (Wildman–Crippen LogP) is 4.14. The topological polar surface area (TPSA) is 63.8 Å². The molecule has 32 heavy (non-hydrogen) atoms. The second-order valence-electron chi connectivity index (χ2n) is 8.00. The van der Waals surface area contributed by atoms with E-state index in [4.69, 9.17) is 12.2 Å². The Morgan fingerprint density at radius 2 is 1.78 bits per heavy atom. The van der Waals surface area contributed by atoms with Crippen LogP contribution in [0.5, 0.6) is 0 Å². The van der Waals surface area contributed by atoms with Gasteiger partial charge in [0, 0.05) is 28.8 Å². The molecular formula is C24H25N7S. The molecule has 1 fully saturated rings. The third-order valence-electron chi connectivity index (χ3n) is 6.11. The Bertz CT molecular complexity index is 1230. The normalized spacial score (nSPS) is 18.2. The molecule has 1 aliphatic rings. The van der Waals surface area contributed by atoms with Crippen LogP contribution >= 0.6 is 12.2 Å². The van der Waals surface area contributed by atoms with E-state index in [0.29, 0.717) is 5.11 Å². The molecule has 1 aromatic carbocycles. The van der Waals surface area contributed by atoms with Crippen molar-refractivity contribution < 1.29 is 0 Å². The maximum Gasteiger partial charge on any atom is 0.174 e. The lowest BCUT2D eigenvalue weighted by atomic mass is 9.96. The molecule has 0 aliphatic carbocycles. The highest BCUT2D eigenvalue weighted by Gasteiger charge is 2.42. The van der Waals surface area contributed by atoms with Crippen LogP contribution in [-0.2, 0) is 6.42 Å². The number of hydrogen-bond donors (Lipinski definition) is 1. The van der Waals surface area contributed by atoms with Crippen LogP contribution in [0, 0.1) is 13.8 Å². The number of rotatable bonds is 5. The molecule has 0 unspecified atom stereocenters. The summed E-state index contributed by atoms with van der Waals surface area (Å²) in [7, 11) is 0. The van der Waals surface area contributed by atoms with Gasteiger partial charge in [0.2, 0.25) is 0 Å². The highest BCUT2D eigenvalue weighted by atomic mass is 32.1. The van der Waals surface area contributed by atoms with E-state index in [9.17, 15) is 0 Å². The van der Waals surface area contributed by atoms with Gasteiger partial charge in [0.05, 0.1) is 17.8 Å². The van der Waals surface area contributed by atoms with Crippen LogP contribution in [0.3, 0.4) is 0 Å². The van der Waals surface area contributed by atoms with E-state index >= 15 is 0 Å². The van der Waals surface area contributed by atoms with Crippen molar-refractivity contribution in [1.82, 2.24) is 29.9 Å². The molecule has 1 aliphatic heterocycles. The minimum absolute atomic E-state index is 0.0543. The van der Waals surface area contributed by atoms with Crippen molar-refractivity contribution in [3.8, 4) is 0 Å². The summed E-state index contributed by atoms with van der Waals surface area (Å²) in [4.78, 5) is 6.87. The van der Waals surface area contributed by atoms with Gasteiger partial charge < -0.3 is 10.2 Å². The fourth-order valence-electron chi connectivity index (χ4n) is 4.57. The van der Waals surface area contributed by atoms with Crippen molar-refractivity contribution in [2.75, 3.05) is 4.90 Å².